The Morgan fingerprint density at radius 1 is 1.00 bits per heavy atom. The third kappa shape index (κ3) is 2.90. The Kier molecular flexibility index (Phi) is 4.85. The zero-order chi connectivity index (χ0) is 17.3. The molecule has 0 aliphatic carbocycles. The SMILES string of the molecule is C=C1C(I)=CC(c2ccccc2)=C(c2c(F)cccc2F)N1CC. The van der Waals surface area contributed by atoms with Crippen molar-refractivity contribution in [1.82, 2.24) is 4.90 Å². The van der Waals surface area contributed by atoms with E-state index in [9.17, 15) is 8.78 Å². The highest BCUT2D eigenvalue weighted by molar-refractivity contribution is 14.1. The smallest absolute Gasteiger partial charge is 0.135 e. The monoisotopic (exact) mass is 435 g/mol. The lowest BCUT2D eigenvalue weighted by atomic mass is 9.94. The number of nitrogens with zero attached hydrogens (tertiary/aromatic N) is 1. The summed E-state index contributed by atoms with van der Waals surface area (Å²) in [6.45, 7) is 6.60. The summed E-state index contributed by atoms with van der Waals surface area (Å²) in [5, 5.41) is 0. The maximum Gasteiger partial charge on any atom is 0.135 e. The van der Waals surface area contributed by atoms with Gasteiger partial charge in [0.2, 0.25) is 0 Å². The van der Waals surface area contributed by atoms with Gasteiger partial charge in [0.1, 0.15) is 11.6 Å². The van der Waals surface area contributed by atoms with Gasteiger partial charge in [-0.15, -0.1) is 0 Å². The quantitative estimate of drug-likeness (QED) is 0.535. The van der Waals surface area contributed by atoms with Crippen LogP contribution in [0.1, 0.15) is 18.1 Å². The molecule has 0 fully saturated rings. The lowest BCUT2D eigenvalue weighted by Crippen LogP contribution is -2.25. The molecule has 0 unspecified atom stereocenters. The Bertz CT molecular complexity index is 833. The van der Waals surface area contributed by atoms with Crippen LogP contribution in [0.3, 0.4) is 0 Å². The summed E-state index contributed by atoms with van der Waals surface area (Å²) in [6.07, 6.45) is 1.94. The maximum absolute atomic E-state index is 14.5. The van der Waals surface area contributed by atoms with Crippen LogP contribution in [0.4, 0.5) is 8.78 Å². The van der Waals surface area contributed by atoms with E-state index in [1.807, 2.05) is 48.2 Å². The van der Waals surface area contributed by atoms with Gasteiger partial charge in [-0.05, 0) is 53.3 Å². The second kappa shape index (κ2) is 6.89. The van der Waals surface area contributed by atoms with Crippen LogP contribution in [0.15, 0.2) is 70.5 Å². The summed E-state index contributed by atoms with van der Waals surface area (Å²) in [6, 6.07) is 13.6. The van der Waals surface area contributed by atoms with Gasteiger partial charge >= 0.3 is 0 Å². The Balaban J connectivity index is 2.37. The molecular formula is C20H16F2IN. The van der Waals surface area contributed by atoms with Crippen LogP contribution in [0.2, 0.25) is 0 Å². The minimum Gasteiger partial charge on any atom is -0.340 e. The molecule has 0 amide bonds. The lowest BCUT2D eigenvalue weighted by Gasteiger charge is -2.34. The molecule has 1 aliphatic heterocycles. The molecule has 1 aliphatic rings. The summed E-state index contributed by atoms with van der Waals surface area (Å²) in [5.41, 5.74) is 2.95. The highest BCUT2D eigenvalue weighted by atomic mass is 127. The third-order valence-corrected chi connectivity index (χ3v) is 4.93. The molecule has 3 rings (SSSR count). The zero-order valence-electron chi connectivity index (χ0n) is 13.2. The van der Waals surface area contributed by atoms with Gasteiger partial charge in [-0.3, -0.25) is 0 Å². The van der Waals surface area contributed by atoms with Crippen LogP contribution in [-0.4, -0.2) is 11.4 Å². The normalized spacial score (nSPS) is 14.9. The molecule has 0 bridgehead atoms. The topological polar surface area (TPSA) is 3.24 Å². The minimum atomic E-state index is -0.574. The van der Waals surface area contributed by atoms with Gasteiger partial charge in [-0.2, -0.15) is 0 Å². The van der Waals surface area contributed by atoms with Crippen molar-refractivity contribution in [2.24, 2.45) is 0 Å². The van der Waals surface area contributed by atoms with Crippen molar-refractivity contribution in [1.29, 1.82) is 0 Å². The van der Waals surface area contributed by atoms with Crippen LogP contribution < -0.4 is 0 Å². The van der Waals surface area contributed by atoms with Crippen molar-refractivity contribution in [3.8, 4) is 0 Å². The number of hydrogen-bond donors (Lipinski definition) is 0. The fourth-order valence-corrected chi connectivity index (χ4v) is 3.47. The first-order valence-corrected chi connectivity index (χ1v) is 8.70. The molecule has 1 nitrogen and oxygen atoms in total. The van der Waals surface area contributed by atoms with E-state index in [2.05, 4.69) is 29.2 Å². The van der Waals surface area contributed by atoms with Crippen molar-refractivity contribution in [2.75, 3.05) is 6.54 Å². The van der Waals surface area contributed by atoms with Gasteiger partial charge in [0.05, 0.1) is 11.3 Å². The second-order valence-corrected chi connectivity index (χ2v) is 6.57. The van der Waals surface area contributed by atoms with Crippen molar-refractivity contribution in [2.45, 2.75) is 6.92 Å². The van der Waals surface area contributed by atoms with Gasteiger partial charge in [0.25, 0.3) is 0 Å². The van der Waals surface area contributed by atoms with Crippen molar-refractivity contribution in [3.63, 3.8) is 0 Å². The molecule has 0 radical (unpaired) electrons. The van der Waals surface area contributed by atoms with E-state index in [4.69, 9.17) is 0 Å². The first-order valence-electron chi connectivity index (χ1n) is 7.62. The summed E-state index contributed by atoms with van der Waals surface area (Å²) in [4.78, 5) is 1.87. The molecule has 0 saturated carbocycles. The standard InChI is InChI=1S/C20H16F2IN/c1-3-24-13(2)18(23)12-15(14-8-5-4-6-9-14)20(24)19-16(21)10-7-11-17(19)22/h4-12H,2-3H2,1H3. The number of likely N-dealkylation sites (N-methyl/N-ethyl adjacent to an activating group) is 1. The molecule has 122 valence electrons. The molecule has 0 atom stereocenters. The predicted octanol–water partition coefficient (Wildman–Crippen LogP) is 6.00. The first kappa shape index (κ1) is 16.9. The largest absolute Gasteiger partial charge is 0.340 e. The highest BCUT2D eigenvalue weighted by Crippen LogP contribution is 2.42. The molecule has 24 heavy (non-hydrogen) atoms. The molecule has 1 heterocycles. The van der Waals surface area contributed by atoms with Gasteiger partial charge in [-0.1, -0.05) is 43.0 Å². The number of benzene rings is 2. The Morgan fingerprint density at radius 2 is 1.62 bits per heavy atom. The van der Waals surface area contributed by atoms with Crippen molar-refractivity contribution < 1.29 is 8.78 Å². The van der Waals surface area contributed by atoms with E-state index in [0.29, 0.717) is 12.2 Å². The van der Waals surface area contributed by atoms with E-state index in [1.54, 1.807) is 0 Å². The van der Waals surface area contributed by atoms with Gasteiger partial charge in [-0.25, -0.2) is 8.78 Å². The molecule has 0 N–H and O–H groups in total. The third-order valence-electron chi connectivity index (χ3n) is 4.00. The molecule has 0 spiro atoms. The van der Waals surface area contributed by atoms with Gasteiger partial charge in [0, 0.05) is 21.4 Å². The van der Waals surface area contributed by atoms with Gasteiger partial charge in [0.15, 0.2) is 0 Å². The number of rotatable bonds is 3. The van der Waals surface area contributed by atoms with E-state index in [-0.39, 0.29) is 5.56 Å². The summed E-state index contributed by atoms with van der Waals surface area (Å²) in [7, 11) is 0. The Morgan fingerprint density at radius 3 is 2.21 bits per heavy atom. The van der Waals surface area contributed by atoms with E-state index < -0.39 is 11.6 Å². The predicted molar refractivity (Wildman–Crippen MR) is 103 cm³/mol. The fraction of sp³-hybridized carbons (Fsp3) is 0.100. The van der Waals surface area contributed by atoms with Crippen LogP contribution >= 0.6 is 22.6 Å². The van der Waals surface area contributed by atoms with E-state index >= 15 is 0 Å². The van der Waals surface area contributed by atoms with Crippen LogP contribution in [0.5, 0.6) is 0 Å². The summed E-state index contributed by atoms with van der Waals surface area (Å²) >= 11 is 2.21. The molecule has 2 aromatic rings. The average Bonchev–Trinajstić information content (AvgIpc) is 2.58. The summed E-state index contributed by atoms with van der Waals surface area (Å²) < 4.78 is 30.0. The van der Waals surface area contributed by atoms with Crippen molar-refractivity contribution in [3.05, 3.63) is 93.2 Å². The fourth-order valence-electron chi connectivity index (χ4n) is 2.87. The summed E-state index contributed by atoms with van der Waals surface area (Å²) in [5.74, 6) is -1.15. The van der Waals surface area contributed by atoms with Gasteiger partial charge < -0.3 is 4.90 Å². The van der Waals surface area contributed by atoms with Crippen LogP contribution in [-0.2, 0) is 0 Å². The first-order chi connectivity index (χ1) is 11.5. The van der Waals surface area contributed by atoms with Crippen molar-refractivity contribution >= 4 is 33.9 Å². The van der Waals surface area contributed by atoms with E-state index in [0.717, 1.165) is 20.4 Å². The number of halogens is 3. The average molecular weight is 435 g/mol. The number of hydrogen-bond acceptors (Lipinski definition) is 1. The van der Waals surface area contributed by atoms with E-state index in [1.165, 1.54) is 18.2 Å². The lowest BCUT2D eigenvalue weighted by molar-refractivity contribution is 0.510. The Hall–Kier alpha value is -1.95. The highest BCUT2D eigenvalue weighted by Gasteiger charge is 2.28. The molecule has 4 heteroatoms. The Labute approximate surface area is 154 Å². The molecule has 0 saturated heterocycles. The molecular weight excluding hydrogens is 419 g/mol. The molecule has 2 aromatic carbocycles. The van der Waals surface area contributed by atoms with Crippen LogP contribution in [0, 0.1) is 11.6 Å². The minimum absolute atomic E-state index is 0.0143. The van der Waals surface area contributed by atoms with Crippen LogP contribution in [0.25, 0.3) is 11.3 Å². The molecule has 0 aromatic heterocycles. The zero-order valence-corrected chi connectivity index (χ0v) is 15.3. The number of allylic oxidation sites excluding steroid dienone is 3. The second-order valence-electron chi connectivity index (χ2n) is 5.41. The maximum atomic E-state index is 14.5.